The van der Waals surface area contributed by atoms with Gasteiger partial charge in [-0.15, -0.1) is 0 Å². The van der Waals surface area contributed by atoms with Crippen LogP contribution in [0.3, 0.4) is 0 Å². The Morgan fingerprint density at radius 3 is 2.56 bits per heavy atom. The Bertz CT molecular complexity index is 526. The summed E-state index contributed by atoms with van der Waals surface area (Å²) in [5, 5.41) is 3.14. The van der Waals surface area contributed by atoms with Gasteiger partial charge in [0.15, 0.2) is 0 Å². The quantitative estimate of drug-likeness (QED) is 0.843. The first-order valence-corrected chi connectivity index (χ1v) is 6.48. The van der Waals surface area contributed by atoms with E-state index in [-0.39, 0.29) is 11.5 Å². The molecule has 0 aliphatic rings. The fourth-order valence-electron chi connectivity index (χ4n) is 1.68. The second-order valence-corrected chi connectivity index (χ2v) is 4.92. The van der Waals surface area contributed by atoms with Gasteiger partial charge in [0.25, 0.3) is 0 Å². The number of nitrogen functional groups attached to an aromatic ring is 1. The summed E-state index contributed by atoms with van der Waals surface area (Å²) in [5.41, 5.74) is 7.68. The largest absolute Gasteiger partial charge is 0.395 e. The van der Waals surface area contributed by atoms with Crippen molar-refractivity contribution in [3.05, 3.63) is 58.3 Å². The molecule has 94 valence electrons. The molecule has 0 spiro atoms. The summed E-state index contributed by atoms with van der Waals surface area (Å²) in [6.07, 6.45) is 0.864. The fraction of sp³-hybridized carbons (Fsp3) is 0.143. The highest BCUT2D eigenvalue weighted by molar-refractivity contribution is 9.10. The minimum Gasteiger partial charge on any atom is -0.395 e. The molecule has 0 saturated heterocycles. The first kappa shape index (κ1) is 12.9. The Morgan fingerprint density at radius 1 is 1.11 bits per heavy atom. The molecular weight excluding hydrogens is 295 g/mol. The lowest BCUT2D eigenvalue weighted by Gasteiger charge is -2.09. The van der Waals surface area contributed by atoms with E-state index < -0.39 is 0 Å². The van der Waals surface area contributed by atoms with Crippen LogP contribution < -0.4 is 11.1 Å². The van der Waals surface area contributed by atoms with E-state index in [2.05, 4.69) is 33.4 Å². The van der Waals surface area contributed by atoms with Crippen LogP contribution in [0, 0.1) is 5.82 Å². The van der Waals surface area contributed by atoms with Crippen LogP contribution in [-0.2, 0) is 6.42 Å². The molecule has 0 radical (unpaired) electrons. The molecule has 2 rings (SSSR count). The molecule has 0 bridgehead atoms. The van der Waals surface area contributed by atoms with Crippen LogP contribution in [0.25, 0.3) is 0 Å². The topological polar surface area (TPSA) is 38.0 Å². The first-order chi connectivity index (χ1) is 8.66. The molecule has 0 aromatic heterocycles. The Hall–Kier alpha value is -1.55. The number of hydrogen-bond acceptors (Lipinski definition) is 2. The molecule has 2 aromatic carbocycles. The van der Waals surface area contributed by atoms with Crippen molar-refractivity contribution in [2.24, 2.45) is 0 Å². The fourth-order valence-corrected chi connectivity index (χ4v) is 1.95. The molecule has 0 aliphatic heterocycles. The predicted octanol–water partition coefficient (Wildman–Crippen LogP) is 3.83. The van der Waals surface area contributed by atoms with Gasteiger partial charge in [0.05, 0.1) is 11.4 Å². The van der Waals surface area contributed by atoms with Gasteiger partial charge in [-0.25, -0.2) is 4.39 Å². The van der Waals surface area contributed by atoms with E-state index in [0.29, 0.717) is 5.69 Å². The monoisotopic (exact) mass is 308 g/mol. The number of benzene rings is 2. The highest BCUT2D eigenvalue weighted by atomic mass is 79.9. The Balaban J connectivity index is 1.92. The van der Waals surface area contributed by atoms with Crippen molar-refractivity contribution >= 4 is 27.3 Å². The van der Waals surface area contributed by atoms with Gasteiger partial charge in [-0.05, 0) is 36.2 Å². The molecule has 2 aromatic rings. The van der Waals surface area contributed by atoms with Crippen molar-refractivity contribution < 1.29 is 4.39 Å². The van der Waals surface area contributed by atoms with E-state index in [1.807, 2.05) is 12.1 Å². The van der Waals surface area contributed by atoms with Gasteiger partial charge in [-0.1, -0.05) is 34.1 Å². The normalized spacial score (nSPS) is 10.3. The van der Waals surface area contributed by atoms with Crippen molar-refractivity contribution in [1.29, 1.82) is 0 Å². The lowest BCUT2D eigenvalue weighted by atomic mass is 10.1. The summed E-state index contributed by atoms with van der Waals surface area (Å²) in [5.74, 6) is -0.386. The van der Waals surface area contributed by atoms with Crippen LogP contribution in [0.2, 0.25) is 0 Å². The molecule has 0 amide bonds. The number of nitrogens with two attached hydrogens (primary N) is 1. The molecule has 0 unspecified atom stereocenters. The van der Waals surface area contributed by atoms with E-state index in [0.717, 1.165) is 17.4 Å². The van der Waals surface area contributed by atoms with E-state index >= 15 is 0 Å². The number of anilines is 2. The number of halogens is 2. The lowest BCUT2D eigenvalue weighted by Crippen LogP contribution is -2.07. The van der Waals surface area contributed by atoms with Crippen molar-refractivity contribution in [1.82, 2.24) is 0 Å². The zero-order chi connectivity index (χ0) is 13.0. The zero-order valence-electron chi connectivity index (χ0n) is 9.79. The van der Waals surface area contributed by atoms with Crippen LogP contribution in [-0.4, -0.2) is 6.54 Å². The zero-order valence-corrected chi connectivity index (χ0v) is 11.4. The van der Waals surface area contributed by atoms with E-state index in [1.54, 1.807) is 12.1 Å². The standard InChI is InChI=1S/C14H14BrFN2/c15-11-6-4-10(5-7-11)8-9-18-13-3-1-2-12(16)14(13)17/h1-7,18H,8-9,17H2. The summed E-state index contributed by atoms with van der Waals surface area (Å²) < 4.78 is 14.3. The highest BCUT2D eigenvalue weighted by Gasteiger charge is 2.03. The van der Waals surface area contributed by atoms with Crippen molar-refractivity contribution in [2.75, 3.05) is 17.6 Å². The molecule has 0 atom stereocenters. The smallest absolute Gasteiger partial charge is 0.148 e. The molecule has 0 saturated carbocycles. The van der Waals surface area contributed by atoms with Gasteiger partial charge in [0.1, 0.15) is 5.82 Å². The van der Waals surface area contributed by atoms with Crippen LogP contribution in [0.15, 0.2) is 46.9 Å². The summed E-state index contributed by atoms with van der Waals surface area (Å²) >= 11 is 3.39. The SMILES string of the molecule is Nc1c(F)cccc1NCCc1ccc(Br)cc1. The molecule has 2 nitrogen and oxygen atoms in total. The average Bonchev–Trinajstić information content (AvgIpc) is 2.37. The maximum Gasteiger partial charge on any atom is 0.148 e. The summed E-state index contributed by atoms with van der Waals surface area (Å²) in [4.78, 5) is 0. The maximum absolute atomic E-state index is 13.2. The Kier molecular flexibility index (Phi) is 4.20. The number of rotatable bonds is 4. The van der Waals surface area contributed by atoms with Gasteiger partial charge in [-0.3, -0.25) is 0 Å². The summed E-state index contributed by atoms with van der Waals surface area (Å²) in [6, 6.07) is 12.9. The van der Waals surface area contributed by atoms with Gasteiger partial charge >= 0.3 is 0 Å². The number of para-hydroxylation sites is 1. The van der Waals surface area contributed by atoms with Crippen LogP contribution >= 0.6 is 15.9 Å². The van der Waals surface area contributed by atoms with E-state index in [4.69, 9.17) is 5.73 Å². The van der Waals surface area contributed by atoms with E-state index in [9.17, 15) is 4.39 Å². The molecule has 18 heavy (non-hydrogen) atoms. The summed E-state index contributed by atoms with van der Waals surface area (Å²) in [6.45, 7) is 0.718. The predicted molar refractivity (Wildman–Crippen MR) is 77.1 cm³/mol. The molecular formula is C14H14BrFN2. The van der Waals surface area contributed by atoms with Crippen LogP contribution in [0.4, 0.5) is 15.8 Å². The number of hydrogen-bond donors (Lipinski definition) is 2. The Morgan fingerprint density at radius 2 is 1.83 bits per heavy atom. The van der Waals surface area contributed by atoms with Crippen molar-refractivity contribution in [3.63, 3.8) is 0 Å². The minimum atomic E-state index is -0.386. The van der Waals surface area contributed by atoms with Gasteiger partial charge in [0.2, 0.25) is 0 Å². The highest BCUT2D eigenvalue weighted by Crippen LogP contribution is 2.21. The van der Waals surface area contributed by atoms with Gasteiger partial charge < -0.3 is 11.1 Å². The van der Waals surface area contributed by atoms with Crippen LogP contribution in [0.1, 0.15) is 5.56 Å². The summed E-state index contributed by atoms with van der Waals surface area (Å²) in [7, 11) is 0. The van der Waals surface area contributed by atoms with Crippen LogP contribution in [0.5, 0.6) is 0 Å². The second kappa shape index (κ2) is 5.87. The molecule has 0 fully saturated rings. The second-order valence-electron chi connectivity index (χ2n) is 4.00. The first-order valence-electron chi connectivity index (χ1n) is 5.69. The third-order valence-corrected chi connectivity index (χ3v) is 3.22. The van der Waals surface area contributed by atoms with Gasteiger partial charge in [0, 0.05) is 11.0 Å². The van der Waals surface area contributed by atoms with E-state index in [1.165, 1.54) is 11.6 Å². The molecule has 0 heterocycles. The molecule has 0 aliphatic carbocycles. The Labute approximate surface area is 114 Å². The average molecular weight is 309 g/mol. The lowest BCUT2D eigenvalue weighted by molar-refractivity contribution is 0.633. The third-order valence-electron chi connectivity index (χ3n) is 2.70. The van der Waals surface area contributed by atoms with Gasteiger partial charge in [-0.2, -0.15) is 0 Å². The van der Waals surface area contributed by atoms with Crippen molar-refractivity contribution in [2.45, 2.75) is 6.42 Å². The van der Waals surface area contributed by atoms with Crippen molar-refractivity contribution in [3.8, 4) is 0 Å². The molecule has 4 heteroatoms. The third kappa shape index (κ3) is 3.23. The number of nitrogens with one attached hydrogen (secondary N) is 1. The minimum absolute atomic E-state index is 0.174. The molecule has 3 N–H and O–H groups in total. The maximum atomic E-state index is 13.2.